The third-order valence-corrected chi connectivity index (χ3v) is 4.59. The second kappa shape index (κ2) is 10.1. The summed E-state index contributed by atoms with van der Waals surface area (Å²) in [4.78, 5) is 28.8. The number of rotatable bonds is 10. The maximum Gasteiger partial charge on any atom is 0.228 e. The Morgan fingerprint density at radius 3 is 2.33 bits per heavy atom. The second-order valence-electron chi connectivity index (χ2n) is 6.25. The molecule has 0 radical (unpaired) electrons. The molecule has 0 saturated carbocycles. The molecule has 0 aliphatic carbocycles. The summed E-state index contributed by atoms with van der Waals surface area (Å²) in [5, 5.41) is 0. The molecule has 1 heterocycles. The standard InChI is InChI=1S/C19H28N2O6/c1-24-9-7-20(8-10-25-2)19(23)14-11-18(22)21(13-14)16-12-15(26-3)5-6-17(16)27-4/h5-6,12,14H,7-11,13H2,1-4H3. The zero-order valence-electron chi connectivity index (χ0n) is 16.4. The molecule has 2 amide bonds. The number of hydrogen-bond donors (Lipinski definition) is 0. The first-order valence-corrected chi connectivity index (χ1v) is 8.84. The predicted octanol–water partition coefficient (Wildman–Crippen LogP) is 1.18. The molecule has 0 aromatic heterocycles. The Hall–Kier alpha value is -2.32. The van der Waals surface area contributed by atoms with Gasteiger partial charge in [-0.3, -0.25) is 9.59 Å². The molecule has 2 rings (SSSR count). The van der Waals surface area contributed by atoms with Gasteiger partial charge in [-0.15, -0.1) is 0 Å². The van der Waals surface area contributed by atoms with Crippen molar-refractivity contribution < 1.29 is 28.5 Å². The van der Waals surface area contributed by atoms with Gasteiger partial charge in [-0.1, -0.05) is 0 Å². The Labute approximate surface area is 159 Å². The van der Waals surface area contributed by atoms with Crippen LogP contribution in [0.5, 0.6) is 11.5 Å². The molecule has 1 aliphatic rings. The number of anilines is 1. The van der Waals surface area contributed by atoms with E-state index in [0.29, 0.717) is 50.0 Å². The number of carbonyl (C=O) groups is 2. The van der Waals surface area contributed by atoms with Crippen LogP contribution in [0.2, 0.25) is 0 Å². The fraction of sp³-hybridized carbons (Fsp3) is 0.579. The second-order valence-corrected chi connectivity index (χ2v) is 6.25. The van der Waals surface area contributed by atoms with Gasteiger partial charge < -0.3 is 28.7 Å². The fourth-order valence-corrected chi connectivity index (χ4v) is 3.11. The number of amides is 2. The SMILES string of the molecule is COCCN(CCOC)C(=O)C1CC(=O)N(c2cc(OC)ccc2OC)C1. The monoisotopic (exact) mass is 380 g/mol. The van der Waals surface area contributed by atoms with Crippen molar-refractivity contribution in [3.63, 3.8) is 0 Å². The molecule has 1 aromatic carbocycles. The number of methoxy groups -OCH3 is 4. The van der Waals surface area contributed by atoms with Gasteiger partial charge in [0.15, 0.2) is 0 Å². The molecular formula is C19H28N2O6. The topological polar surface area (TPSA) is 77.5 Å². The van der Waals surface area contributed by atoms with Crippen LogP contribution in [-0.2, 0) is 19.1 Å². The van der Waals surface area contributed by atoms with Crippen molar-refractivity contribution >= 4 is 17.5 Å². The van der Waals surface area contributed by atoms with E-state index in [1.54, 1.807) is 56.4 Å². The van der Waals surface area contributed by atoms with Crippen molar-refractivity contribution in [2.24, 2.45) is 5.92 Å². The first kappa shape index (κ1) is 21.0. The molecular weight excluding hydrogens is 352 g/mol. The first-order chi connectivity index (χ1) is 13.0. The first-order valence-electron chi connectivity index (χ1n) is 8.84. The van der Waals surface area contributed by atoms with Crippen molar-refractivity contribution in [1.29, 1.82) is 0 Å². The van der Waals surface area contributed by atoms with E-state index in [2.05, 4.69) is 0 Å². The summed E-state index contributed by atoms with van der Waals surface area (Å²) in [6, 6.07) is 5.26. The molecule has 1 fully saturated rings. The number of hydrogen-bond acceptors (Lipinski definition) is 6. The summed E-state index contributed by atoms with van der Waals surface area (Å²) in [5.41, 5.74) is 0.609. The number of ether oxygens (including phenoxy) is 4. The van der Waals surface area contributed by atoms with E-state index in [4.69, 9.17) is 18.9 Å². The third kappa shape index (κ3) is 5.11. The zero-order valence-corrected chi connectivity index (χ0v) is 16.4. The highest BCUT2D eigenvalue weighted by Gasteiger charge is 2.38. The maximum absolute atomic E-state index is 12.9. The largest absolute Gasteiger partial charge is 0.497 e. The molecule has 1 aromatic rings. The summed E-state index contributed by atoms with van der Waals surface area (Å²) < 4.78 is 20.8. The van der Waals surface area contributed by atoms with Gasteiger partial charge >= 0.3 is 0 Å². The van der Waals surface area contributed by atoms with E-state index in [0.717, 1.165) is 0 Å². The van der Waals surface area contributed by atoms with Gasteiger partial charge in [-0.05, 0) is 12.1 Å². The van der Waals surface area contributed by atoms with E-state index < -0.39 is 5.92 Å². The van der Waals surface area contributed by atoms with Gasteiger partial charge in [0.1, 0.15) is 11.5 Å². The smallest absolute Gasteiger partial charge is 0.228 e. The van der Waals surface area contributed by atoms with Crippen LogP contribution in [0, 0.1) is 5.92 Å². The minimum atomic E-state index is -0.415. The Bertz CT molecular complexity index is 643. The lowest BCUT2D eigenvalue weighted by Crippen LogP contribution is -2.41. The van der Waals surface area contributed by atoms with Gasteiger partial charge in [-0.2, -0.15) is 0 Å². The van der Waals surface area contributed by atoms with Crippen LogP contribution in [-0.4, -0.2) is 78.0 Å². The van der Waals surface area contributed by atoms with Crippen LogP contribution in [0.1, 0.15) is 6.42 Å². The molecule has 0 N–H and O–H groups in total. The zero-order chi connectivity index (χ0) is 19.8. The average Bonchev–Trinajstić information content (AvgIpc) is 3.08. The van der Waals surface area contributed by atoms with E-state index in [1.165, 1.54) is 0 Å². The van der Waals surface area contributed by atoms with Crippen LogP contribution >= 0.6 is 0 Å². The quantitative estimate of drug-likeness (QED) is 0.607. The van der Waals surface area contributed by atoms with Gasteiger partial charge in [0.2, 0.25) is 11.8 Å². The molecule has 1 atom stereocenters. The van der Waals surface area contributed by atoms with Crippen LogP contribution < -0.4 is 14.4 Å². The number of carbonyl (C=O) groups excluding carboxylic acids is 2. The summed E-state index contributed by atoms with van der Waals surface area (Å²) >= 11 is 0. The Morgan fingerprint density at radius 1 is 1.11 bits per heavy atom. The highest BCUT2D eigenvalue weighted by atomic mass is 16.5. The van der Waals surface area contributed by atoms with Crippen molar-refractivity contribution in [1.82, 2.24) is 4.90 Å². The lowest BCUT2D eigenvalue weighted by Gasteiger charge is -2.25. The van der Waals surface area contributed by atoms with Crippen LogP contribution in [0.4, 0.5) is 5.69 Å². The molecule has 1 aliphatic heterocycles. The lowest BCUT2D eigenvalue weighted by molar-refractivity contribution is -0.137. The van der Waals surface area contributed by atoms with E-state index in [-0.39, 0.29) is 18.2 Å². The third-order valence-electron chi connectivity index (χ3n) is 4.59. The summed E-state index contributed by atoms with van der Waals surface area (Å²) in [6.45, 7) is 2.10. The normalized spacial score (nSPS) is 16.5. The highest BCUT2D eigenvalue weighted by Crippen LogP contribution is 2.36. The highest BCUT2D eigenvalue weighted by molar-refractivity contribution is 6.01. The predicted molar refractivity (Wildman–Crippen MR) is 100 cm³/mol. The Kier molecular flexibility index (Phi) is 7.87. The van der Waals surface area contributed by atoms with E-state index in [9.17, 15) is 9.59 Å². The van der Waals surface area contributed by atoms with Crippen molar-refractivity contribution in [2.45, 2.75) is 6.42 Å². The molecule has 1 unspecified atom stereocenters. The van der Waals surface area contributed by atoms with Crippen molar-refractivity contribution in [2.75, 3.05) is 66.2 Å². The molecule has 8 heteroatoms. The van der Waals surface area contributed by atoms with Crippen LogP contribution in [0.3, 0.4) is 0 Å². The summed E-state index contributed by atoms with van der Waals surface area (Å²) in [7, 11) is 6.29. The van der Waals surface area contributed by atoms with Crippen LogP contribution in [0.25, 0.3) is 0 Å². The average molecular weight is 380 g/mol. The van der Waals surface area contributed by atoms with Crippen LogP contribution in [0.15, 0.2) is 18.2 Å². The molecule has 150 valence electrons. The molecule has 8 nitrogen and oxygen atoms in total. The number of nitrogens with zero attached hydrogens (tertiary/aromatic N) is 2. The Morgan fingerprint density at radius 2 is 1.78 bits per heavy atom. The van der Waals surface area contributed by atoms with Gasteiger partial charge in [0.25, 0.3) is 0 Å². The Balaban J connectivity index is 2.17. The van der Waals surface area contributed by atoms with Gasteiger partial charge in [0, 0.05) is 46.3 Å². The summed E-state index contributed by atoms with van der Waals surface area (Å²) in [6.07, 6.45) is 0.162. The number of benzene rings is 1. The molecule has 27 heavy (non-hydrogen) atoms. The minimum absolute atomic E-state index is 0.0678. The molecule has 0 bridgehead atoms. The minimum Gasteiger partial charge on any atom is -0.497 e. The maximum atomic E-state index is 12.9. The van der Waals surface area contributed by atoms with Crippen molar-refractivity contribution in [3.05, 3.63) is 18.2 Å². The summed E-state index contributed by atoms with van der Waals surface area (Å²) in [5.74, 6) is 0.588. The van der Waals surface area contributed by atoms with E-state index in [1.807, 2.05) is 0 Å². The lowest BCUT2D eigenvalue weighted by atomic mass is 10.1. The molecule has 1 saturated heterocycles. The molecule has 0 spiro atoms. The van der Waals surface area contributed by atoms with Crippen molar-refractivity contribution in [3.8, 4) is 11.5 Å². The van der Waals surface area contributed by atoms with E-state index >= 15 is 0 Å². The van der Waals surface area contributed by atoms with Gasteiger partial charge in [0.05, 0.1) is 39.0 Å². The van der Waals surface area contributed by atoms with Gasteiger partial charge in [-0.25, -0.2) is 0 Å². The fourth-order valence-electron chi connectivity index (χ4n) is 3.11.